The highest BCUT2D eigenvalue weighted by molar-refractivity contribution is 9.10. The van der Waals surface area contributed by atoms with Crippen molar-refractivity contribution in [1.29, 1.82) is 5.26 Å². The molecule has 3 aromatic rings. The van der Waals surface area contributed by atoms with Gasteiger partial charge < -0.3 is 29.7 Å². The molecule has 15 heteroatoms. The molecule has 0 bridgehead atoms. The van der Waals surface area contributed by atoms with Gasteiger partial charge >= 0.3 is 0 Å². The number of carbonyl (C=O) groups excluding carboxylic acids is 1. The van der Waals surface area contributed by atoms with Crippen LogP contribution < -0.4 is 4.90 Å². The van der Waals surface area contributed by atoms with Gasteiger partial charge in [-0.2, -0.15) is 5.26 Å². The van der Waals surface area contributed by atoms with Crippen LogP contribution in [0.1, 0.15) is 37.3 Å². The molecule has 2 heterocycles. The number of halogens is 4. The van der Waals surface area contributed by atoms with E-state index in [2.05, 4.69) is 26.2 Å². The molecule has 7 atom stereocenters. The van der Waals surface area contributed by atoms with E-state index in [9.17, 15) is 34.2 Å². The summed E-state index contributed by atoms with van der Waals surface area (Å²) in [5.41, 5.74) is 0.200. The minimum atomic E-state index is -1.47. The van der Waals surface area contributed by atoms with Crippen LogP contribution in [0.2, 0.25) is 5.02 Å². The molecule has 11 nitrogen and oxygen atoms in total. The van der Waals surface area contributed by atoms with Crippen LogP contribution in [0, 0.1) is 23.0 Å². The molecule has 1 aliphatic heterocycles. The average molecular weight is 697 g/mol. The lowest BCUT2D eigenvalue weighted by Gasteiger charge is -2.46. The van der Waals surface area contributed by atoms with Gasteiger partial charge in [-0.05, 0) is 59.1 Å². The largest absolute Gasteiger partial charge is 0.394 e. The molecule has 1 aromatic heterocycles. The number of methoxy groups -OCH3 is 1. The molecule has 0 unspecified atom stereocenters. The molecular weight excluding hydrogens is 668 g/mol. The lowest BCUT2D eigenvalue weighted by molar-refractivity contribution is -0.211. The number of hydrogen-bond acceptors (Lipinski definition) is 9. The number of anilines is 1. The number of carbonyl (C=O) groups is 1. The van der Waals surface area contributed by atoms with Crippen LogP contribution in [0.15, 0.2) is 41.0 Å². The first-order chi connectivity index (χ1) is 21.1. The van der Waals surface area contributed by atoms with E-state index in [0.29, 0.717) is 12.8 Å². The van der Waals surface area contributed by atoms with Gasteiger partial charge in [0.15, 0.2) is 17.7 Å². The molecule has 0 radical (unpaired) electrons. The molecule has 1 saturated heterocycles. The second-order valence-corrected chi connectivity index (χ2v) is 12.0. The third-order valence-corrected chi connectivity index (χ3v) is 8.89. The van der Waals surface area contributed by atoms with Crippen molar-refractivity contribution in [3.63, 3.8) is 0 Å². The van der Waals surface area contributed by atoms with Gasteiger partial charge in [0.05, 0.1) is 41.1 Å². The highest BCUT2D eigenvalue weighted by Gasteiger charge is 2.52. The van der Waals surface area contributed by atoms with Gasteiger partial charge in [-0.1, -0.05) is 29.7 Å². The second-order valence-electron chi connectivity index (χ2n) is 10.7. The van der Waals surface area contributed by atoms with Crippen molar-refractivity contribution in [3.05, 3.63) is 63.2 Å². The van der Waals surface area contributed by atoms with Gasteiger partial charge in [0.2, 0.25) is 0 Å². The fourth-order valence-electron chi connectivity index (χ4n) is 5.92. The van der Waals surface area contributed by atoms with E-state index in [1.165, 1.54) is 48.5 Å². The van der Waals surface area contributed by atoms with Gasteiger partial charge in [0.25, 0.3) is 5.91 Å². The van der Waals surface area contributed by atoms with Crippen LogP contribution in [-0.4, -0.2) is 86.5 Å². The lowest BCUT2D eigenvalue weighted by Crippen LogP contribution is -2.63. The SMILES string of the molecule is CO[C@@H]1[C@@H](n2cc(-c3ccc(Br)c(F)c3F)nn2)[C@@H](O)[C@@H](CO)O[C@H]1C(=O)N(c1cc(Cl)cc(C#N)c1)[C@H]1CCCC[C@@H]1O. The Balaban J connectivity index is 1.56. The van der Waals surface area contributed by atoms with Crippen LogP contribution in [0.3, 0.4) is 0 Å². The summed E-state index contributed by atoms with van der Waals surface area (Å²) >= 11 is 9.23. The maximum atomic E-state index is 14.7. The molecular formula is C29H29BrClF2N5O6. The van der Waals surface area contributed by atoms with Crippen LogP contribution in [-0.2, 0) is 14.3 Å². The second kappa shape index (κ2) is 13.5. The van der Waals surface area contributed by atoms with Crippen molar-refractivity contribution < 1.29 is 38.4 Å². The maximum Gasteiger partial charge on any atom is 0.259 e. The van der Waals surface area contributed by atoms with Gasteiger partial charge in [-0.3, -0.25) is 4.79 Å². The Morgan fingerprint density at radius 2 is 2.00 bits per heavy atom. The zero-order chi connectivity index (χ0) is 31.7. The first-order valence-electron chi connectivity index (χ1n) is 13.8. The van der Waals surface area contributed by atoms with Crippen LogP contribution in [0.25, 0.3) is 11.3 Å². The molecule has 2 aromatic carbocycles. The summed E-state index contributed by atoms with van der Waals surface area (Å²) in [5, 5.41) is 50.1. The zero-order valence-corrected chi connectivity index (χ0v) is 25.7. The fraction of sp³-hybridized carbons (Fsp3) is 0.448. The number of aromatic nitrogens is 3. The molecule has 2 aliphatic rings. The van der Waals surface area contributed by atoms with Gasteiger partial charge in [0, 0.05) is 23.4 Å². The number of amides is 1. The molecule has 0 spiro atoms. The number of aliphatic hydroxyl groups is 3. The van der Waals surface area contributed by atoms with E-state index >= 15 is 0 Å². The summed E-state index contributed by atoms with van der Waals surface area (Å²) in [6.45, 7) is -0.687. The Bertz CT molecular complexity index is 1570. The van der Waals surface area contributed by atoms with Crippen LogP contribution in [0.4, 0.5) is 14.5 Å². The summed E-state index contributed by atoms with van der Waals surface area (Å²) in [7, 11) is 1.29. The van der Waals surface area contributed by atoms with Crippen molar-refractivity contribution in [1.82, 2.24) is 15.0 Å². The summed E-state index contributed by atoms with van der Waals surface area (Å²) < 4.78 is 41.7. The predicted octanol–water partition coefficient (Wildman–Crippen LogP) is 3.52. The van der Waals surface area contributed by atoms with Gasteiger partial charge in [-0.25, -0.2) is 13.5 Å². The Morgan fingerprint density at radius 3 is 2.68 bits per heavy atom. The van der Waals surface area contributed by atoms with E-state index in [1.807, 2.05) is 6.07 Å². The van der Waals surface area contributed by atoms with Crippen molar-refractivity contribution in [2.24, 2.45) is 0 Å². The van der Waals surface area contributed by atoms with Crippen molar-refractivity contribution in [3.8, 4) is 17.3 Å². The third kappa shape index (κ3) is 6.10. The van der Waals surface area contributed by atoms with Crippen LogP contribution >= 0.6 is 27.5 Å². The highest BCUT2D eigenvalue weighted by Crippen LogP contribution is 2.37. The van der Waals surface area contributed by atoms with Crippen molar-refractivity contribution >= 4 is 39.1 Å². The van der Waals surface area contributed by atoms with E-state index in [1.54, 1.807) is 0 Å². The molecule has 1 aliphatic carbocycles. The smallest absolute Gasteiger partial charge is 0.259 e. The fourth-order valence-corrected chi connectivity index (χ4v) is 6.45. The Kier molecular flexibility index (Phi) is 9.96. The summed E-state index contributed by atoms with van der Waals surface area (Å²) in [6.07, 6.45) is -2.70. The predicted molar refractivity (Wildman–Crippen MR) is 157 cm³/mol. The topological polar surface area (TPSA) is 154 Å². The van der Waals surface area contributed by atoms with E-state index in [-0.39, 0.29) is 32.0 Å². The summed E-state index contributed by atoms with van der Waals surface area (Å²) in [5.74, 6) is -2.95. The van der Waals surface area contributed by atoms with E-state index in [4.69, 9.17) is 21.1 Å². The standard InChI is InChI=1S/C29H29BrClF2N5O6/c1-43-27-25(37-12-19(35-36-37)17-6-7-18(30)24(33)23(17)32)26(41)22(13-39)44-28(27)29(42)38(20-4-2-3-5-21(20)40)16-9-14(11-34)8-15(31)10-16/h6-10,12,20-22,25-28,39-41H,2-5,13H2,1H3/t20-,21-,22+,25-,26-,27+,28+/m0/s1. The average Bonchev–Trinajstić information content (AvgIpc) is 3.49. The van der Waals surface area contributed by atoms with E-state index in [0.717, 1.165) is 17.5 Å². The Morgan fingerprint density at radius 1 is 1.25 bits per heavy atom. The summed E-state index contributed by atoms with van der Waals surface area (Å²) in [6, 6.07) is 7.16. The number of ether oxygens (including phenoxy) is 2. The number of nitriles is 1. The Hall–Kier alpha value is -3.03. The number of hydrogen-bond donors (Lipinski definition) is 3. The van der Waals surface area contributed by atoms with Gasteiger partial charge in [0.1, 0.15) is 30.0 Å². The van der Waals surface area contributed by atoms with Crippen molar-refractivity contribution in [2.45, 2.75) is 68.3 Å². The first kappa shape index (κ1) is 32.4. The molecule has 44 heavy (non-hydrogen) atoms. The molecule has 5 rings (SSSR count). The maximum absolute atomic E-state index is 14.7. The number of nitrogens with zero attached hydrogens (tertiary/aromatic N) is 5. The van der Waals surface area contributed by atoms with Crippen molar-refractivity contribution in [2.75, 3.05) is 18.6 Å². The monoisotopic (exact) mass is 695 g/mol. The Labute approximate surface area is 264 Å². The van der Waals surface area contributed by atoms with Crippen LogP contribution in [0.5, 0.6) is 0 Å². The number of aliphatic hydroxyl groups excluding tert-OH is 3. The highest BCUT2D eigenvalue weighted by atomic mass is 79.9. The molecule has 2 fully saturated rings. The number of rotatable bonds is 7. The van der Waals surface area contributed by atoms with E-state index < -0.39 is 66.8 Å². The number of benzene rings is 2. The quantitative estimate of drug-likeness (QED) is 0.315. The van der Waals surface area contributed by atoms with Gasteiger partial charge in [-0.15, -0.1) is 5.10 Å². The minimum absolute atomic E-state index is 0.0548. The zero-order valence-electron chi connectivity index (χ0n) is 23.4. The summed E-state index contributed by atoms with van der Waals surface area (Å²) in [4.78, 5) is 15.8. The minimum Gasteiger partial charge on any atom is -0.394 e. The third-order valence-electron chi connectivity index (χ3n) is 8.06. The first-order valence-corrected chi connectivity index (χ1v) is 15.0. The molecule has 234 valence electrons. The normalized spacial score (nSPS) is 27.1. The lowest BCUT2D eigenvalue weighted by atomic mass is 9.88. The molecule has 1 amide bonds. The molecule has 1 saturated carbocycles. The molecule has 3 N–H and O–H groups in total.